The lowest BCUT2D eigenvalue weighted by Gasteiger charge is -2.40. The fourth-order valence-electron chi connectivity index (χ4n) is 3.30. The van der Waals surface area contributed by atoms with E-state index in [0.29, 0.717) is 25.7 Å². The molecule has 0 spiro atoms. The van der Waals surface area contributed by atoms with Crippen LogP contribution in [0.25, 0.3) is 0 Å². The van der Waals surface area contributed by atoms with E-state index >= 15 is 0 Å². The first kappa shape index (κ1) is 22.3. The third-order valence-corrected chi connectivity index (χ3v) is 4.59. The molecular weight excluding hydrogens is 338 g/mol. The Balaban J connectivity index is 2.74. The van der Waals surface area contributed by atoms with E-state index < -0.39 is 35.0 Å². The molecule has 7 nitrogen and oxygen atoms in total. The summed E-state index contributed by atoms with van der Waals surface area (Å²) in [7, 11) is 0. The molecule has 0 radical (unpaired) electrons. The molecule has 1 amide bonds. The van der Waals surface area contributed by atoms with Gasteiger partial charge in [-0.05, 0) is 65.7 Å². The van der Waals surface area contributed by atoms with Gasteiger partial charge in [-0.25, -0.2) is 4.79 Å². The van der Waals surface area contributed by atoms with Gasteiger partial charge in [-0.3, -0.25) is 9.59 Å². The van der Waals surface area contributed by atoms with Crippen LogP contribution in [-0.2, 0) is 23.8 Å². The number of hydrogen-bond acceptors (Lipinski definition) is 6. The number of rotatable bonds is 6. The quantitative estimate of drug-likeness (QED) is 0.438. The van der Waals surface area contributed by atoms with Crippen molar-refractivity contribution in [2.24, 2.45) is 11.3 Å². The fourth-order valence-corrected chi connectivity index (χ4v) is 3.30. The molecule has 150 valence electrons. The third kappa shape index (κ3) is 6.50. The minimum atomic E-state index is -0.940. The summed E-state index contributed by atoms with van der Waals surface area (Å²) in [5.74, 6) is -2.01. The van der Waals surface area contributed by atoms with Crippen molar-refractivity contribution in [1.29, 1.82) is 0 Å². The average molecular weight is 371 g/mol. The topological polar surface area (TPSA) is 90.9 Å². The smallest absolute Gasteiger partial charge is 0.407 e. The lowest BCUT2D eigenvalue weighted by Crippen LogP contribution is -2.47. The minimum Gasteiger partial charge on any atom is -0.465 e. The first-order chi connectivity index (χ1) is 12.0. The molecule has 0 bridgehead atoms. The third-order valence-electron chi connectivity index (χ3n) is 4.59. The predicted molar refractivity (Wildman–Crippen MR) is 96.5 cm³/mol. The van der Waals surface area contributed by atoms with Crippen molar-refractivity contribution in [1.82, 2.24) is 5.32 Å². The van der Waals surface area contributed by atoms with Crippen molar-refractivity contribution < 1.29 is 28.6 Å². The first-order valence-electron chi connectivity index (χ1n) is 9.35. The van der Waals surface area contributed by atoms with Crippen molar-refractivity contribution in [3.05, 3.63) is 0 Å². The van der Waals surface area contributed by atoms with Crippen LogP contribution in [0.1, 0.15) is 67.2 Å². The van der Waals surface area contributed by atoms with Gasteiger partial charge < -0.3 is 19.5 Å². The molecule has 1 aliphatic carbocycles. The molecule has 7 heteroatoms. The summed E-state index contributed by atoms with van der Waals surface area (Å²) in [5.41, 5.74) is -1.10. The van der Waals surface area contributed by atoms with E-state index in [4.69, 9.17) is 14.2 Å². The predicted octanol–water partition coefficient (Wildman–Crippen LogP) is 3.20. The number of alkyl carbamates (subject to hydrolysis) is 1. The zero-order chi connectivity index (χ0) is 20.0. The van der Waals surface area contributed by atoms with Gasteiger partial charge in [0, 0.05) is 6.04 Å². The monoisotopic (exact) mass is 371 g/mol. The molecule has 0 aromatic heterocycles. The molecule has 0 saturated heterocycles. The average Bonchev–Trinajstić information content (AvgIpc) is 2.48. The zero-order valence-corrected chi connectivity index (χ0v) is 16.8. The van der Waals surface area contributed by atoms with Crippen LogP contribution in [0.5, 0.6) is 0 Å². The maximum atomic E-state index is 12.4. The number of amides is 1. The second-order valence-corrected chi connectivity index (χ2v) is 8.01. The first-order valence-corrected chi connectivity index (χ1v) is 9.35. The van der Waals surface area contributed by atoms with E-state index in [-0.39, 0.29) is 19.3 Å². The Morgan fingerprint density at radius 1 is 1.04 bits per heavy atom. The summed E-state index contributed by atoms with van der Waals surface area (Å²) in [6.07, 6.45) is 2.08. The van der Waals surface area contributed by atoms with E-state index in [0.717, 1.165) is 0 Å². The molecule has 1 fully saturated rings. The van der Waals surface area contributed by atoms with Gasteiger partial charge in [0.1, 0.15) is 5.60 Å². The highest BCUT2D eigenvalue weighted by molar-refractivity contribution is 5.95. The molecule has 0 unspecified atom stereocenters. The Labute approximate surface area is 156 Å². The Morgan fingerprint density at radius 2 is 1.50 bits per heavy atom. The van der Waals surface area contributed by atoms with Crippen LogP contribution in [0, 0.1) is 11.3 Å². The van der Waals surface area contributed by atoms with Crippen LogP contribution in [0.4, 0.5) is 4.79 Å². The van der Waals surface area contributed by atoms with Crippen molar-refractivity contribution in [2.75, 3.05) is 13.2 Å². The van der Waals surface area contributed by atoms with Gasteiger partial charge in [-0.2, -0.15) is 0 Å². The van der Waals surface area contributed by atoms with E-state index in [1.807, 2.05) is 27.7 Å². The number of nitrogens with one attached hydrogen (secondary N) is 1. The largest absolute Gasteiger partial charge is 0.465 e. The van der Waals surface area contributed by atoms with Crippen LogP contribution in [-0.4, -0.2) is 42.9 Å². The summed E-state index contributed by atoms with van der Waals surface area (Å²) in [6.45, 7) is 11.2. The molecule has 0 atom stereocenters. The van der Waals surface area contributed by atoms with Crippen LogP contribution in [0.3, 0.4) is 0 Å². The number of carbonyl (C=O) groups excluding carboxylic acids is 3. The Morgan fingerprint density at radius 3 is 1.88 bits per heavy atom. The fraction of sp³-hybridized carbons (Fsp3) is 0.842. The van der Waals surface area contributed by atoms with Crippen molar-refractivity contribution in [3.63, 3.8) is 0 Å². The summed E-state index contributed by atoms with van der Waals surface area (Å²) in [6, 6.07) is -0.0389. The standard InChI is InChI=1S/C19H33NO6/c1-7-24-15(21)14(16(22)25-8-2)19(6)11-9-13(10-12-19)20-17(23)26-18(3,4)5/h13-14H,7-12H2,1-6H3,(H,20,23). The molecule has 0 heterocycles. The van der Waals surface area contributed by atoms with Gasteiger partial charge in [-0.1, -0.05) is 6.92 Å². The highest BCUT2D eigenvalue weighted by atomic mass is 16.6. The van der Waals surface area contributed by atoms with Crippen molar-refractivity contribution in [3.8, 4) is 0 Å². The molecule has 1 rings (SSSR count). The number of esters is 2. The van der Waals surface area contributed by atoms with Gasteiger partial charge in [0.15, 0.2) is 5.92 Å². The normalized spacial score (nSPS) is 23.3. The second-order valence-electron chi connectivity index (χ2n) is 8.01. The number of hydrogen-bond donors (Lipinski definition) is 1. The van der Waals surface area contributed by atoms with Gasteiger partial charge >= 0.3 is 18.0 Å². The van der Waals surface area contributed by atoms with Crippen molar-refractivity contribution >= 4 is 18.0 Å². The summed E-state index contributed by atoms with van der Waals surface area (Å²) in [5, 5.41) is 2.87. The van der Waals surface area contributed by atoms with Crippen LogP contribution in [0.15, 0.2) is 0 Å². The van der Waals surface area contributed by atoms with Gasteiger partial charge in [0.25, 0.3) is 0 Å². The van der Waals surface area contributed by atoms with E-state index in [1.54, 1.807) is 13.8 Å². The molecule has 26 heavy (non-hydrogen) atoms. The SMILES string of the molecule is CCOC(=O)C(C(=O)OCC)C1(C)CCC(NC(=O)OC(C)(C)C)CC1. The maximum absolute atomic E-state index is 12.4. The van der Waals surface area contributed by atoms with Crippen LogP contribution < -0.4 is 5.32 Å². The summed E-state index contributed by atoms with van der Waals surface area (Å²) < 4.78 is 15.5. The molecule has 1 saturated carbocycles. The summed E-state index contributed by atoms with van der Waals surface area (Å²) >= 11 is 0. The molecular formula is C19H33NO6. The molecule has 0 aliphatic heterocycles. The Bertz CT molecular complexity index is 485. The highest BCUT2D eigenvalue weighted by Gasteiger charge is 2.48. The highest BCUT2D eigenvalue weighted by Crippen LogP contribution is 2.43. The lowest BCUT2D eigenvalue weighted by atomic mass is 9.66. The minimum absolute atomic E-state index is 0.0389. The molecule has 1 N–H and O–H groups in total. The van der Waals surface area contributed by atoms with E-state index in [1.165, 1.54) is 0 Å². The van der Waals surface area contributed by atoms with E-state index in [2.05, 4.69) is 5.32 Å². The van der Waals surface area contributed by atoms with Gasteiger partial charge in [0.05, 0.1) is 13.2 Å². The Kier molecular flexibility index (Phi) is 7.90. The lowest BCUT2D eigenvalue weighted by molar-refractivity contribution is -0.169. The van der Waals surface area contributed by atoms with Crippen LogP contribution in [0.2, 0.25) is 0 Å². The molecule has 1 aliphatic rings. The Hall–Kier alpha value is -1.79. The van der Waals surface area contributed by atoms with Crippen LogP contribution >= 0.6 is 0 Å². The van der Waals surface area contributed by atoms with E-state index in [9.17, 15) is 14.4 Å². The molecule has 0 aromatic carbocycles. The maximum Gasteiger partial charge on any atom is 0.407 e. The van der Waals surface area contributed by atoms with Gasteiger partial charge in [-0.15, -0.1) is 0 Å². The zero-order valence-electron chi connectivity index (χ0n) is 16.8. The molecule has 0 aromatic rings. The second kappa shape index (κ2) is 9.24. The number of ether oxygens (including phenoxy) is 3. The number of carbonyl (C=O) groups is 3. The van der Waals surface area contributed by atoms with Crippen molar-refractivity contribution in [2.45, 2.75) is 78.9 Å². The summed E-state index contributed by atoms with van der Waals surface area (Å²) in [4.78, 5) is 36.7. The van der Waals surface area contributed by atoms with Gasteiger partial charge in [0.2, 0.25) is 0 Å².